The Hall–Kier alpha value is -0.860. The Balaban J connectivity index is 3.63. The van der Waals surface area contributed by atoms with Gasteiger partial charge in [-0.2, -0.15) is 0 Å². The van der Waals surface area contributed by atoms with Crippen LogP contribution in [0.4, 0.5) is 0 Å². The molecule has 0 rings (SSSR count). The molecule has 0 aliphatic rings. The third kappa shape index (κ3) is 11.4. The van der Waals surface area contributed by atoms with Gasteiger partial charge in [-0.25, -0.2) is 0 Å². The third-order valence-electron chi connectivity index (χ3n) is 2.20. The number of ether oxygens (including phenoxy) is 1. The first-order valence-electron chi connectivity index (χ1n) is 6.18. The van der Waals surface area contributed by atoms with E-state index < -0.39 is 0 Å². The molecule has 0 aromatic rings. The van der Waals surface area contributed by atoms with Crippen molar-refractivity contribution in [2.75, 3.05) is 19.7 Å². The second-order valence-corrected chi connectivity index (χ2v) is 5.16. The monoisotopic (exact) mass is 237 g/mol. The zero-order valence-electron chi connectivity index (χ0n) is 12.0. The maximum Gasteiger partial charge on any atom is 0.0599 e. The van der Waals surface area contributed by atoms with Gasteiger partial charge in [0, 0.05) is 13.1 Å². The van der Waals surface area contributed by atoms with E-state index in [9.17, 15) is 0 Å². The molecule has 0 aliphatic carbocycles. The van der Waals surface area contributed by atoms with Gasteiger partial charge in [-0.15, -0.1) is 0 Å². The third-order valence-corrected chi connectivity index (χ3v) is 2.20. The Morgan fingerprint density at radius 3 is 2.47 bits per heavy atom. The van der Waals surface area contributed by atoms with Crippen LogP contribution < -0.4 is 5.32 Å². The molecule has 0 fully saturated rings. The molecular formula is C15H27NO. The number of hydrogen-bond acceptors (Lipinski definition) is 2. The van der Waals surface area contributed by atoms with Crippen LogP contribution >= 0.6 is 0 Å². The SMILES string of the molecule is C=C(/C=C\C(C)=C/C)CNCCOC(C)(C)C. The Bertz CT molecular complexity index is 282. The number of rotatable bonds is 7. The van der Waals surface area contributed by atoms with Crippen LogP contribution in [0.1, 0.15) is 34.6 Å². The summed E-state index contributed by atoms with van der Waals surface area (Å²) < 4.78 is 5.61. The van der Waals surface area contributed by atoms with E-state index in [-0.39, 0.29) is 5.60 Å². The van der Waals surface area contributed by atoms with Crippen LogP contribution in [0.25, 0.3) is 0 Å². The Kier molecular flexibility index (Phi) is 7.85. The van der Waals surface area contributed by atoms with Gasteiger partial charge in [0.05, 0.1) is 12.2 Å². The summed E-state index contributed by atoms with van der Waals surface area (Å²) in [5, 5.41) is 3.30. The van der Waals surface area contributed by atoms with Crippen molar-refractivity contribution in [3.8, 4) is 0 Å². The lowest BCUT2D eigenvalue weighted by atomic mass is 10.2. The van der Waals surface area contributed by atoms with Gasteiger partial charge in [0.2, 0.25) is 0 Å². The second-order valence-electron chi connectivity index (χ2n) is 5.16. The standard InChI is InChI=1S/C15H27NO/c1-7-13(2)8-9-14(3)12-16-10-11-17-15(4,5)6/h7-9,16H,3,10-12H2,1-2,4-6H3/b9-8-,13-7-. The van der Waals surface area contributed by atoms with Crippen LogP contribution in [0.5, 0.6) is 0 Å². The highest BCUT2D eigenvalue weighted by Crippen LogP contribution is 2.05. The van der Waals surface area contributed by atoms with Gasteiger partial charge in [-0.05, 0) is 40.2 Å². The average Bonchev–Trinajstić information content (AvgIpc) is 2.23. The zero-order valence-corrected chi connectivity index (χ0v) is 12.0. The first-order valence-corrected chi connectivity index (χ1v) is 6.18. The smallest absolute Gasteiger partial charge is 0.0599 e. The van der Waals surface area contributed by atoms with Crippen molar-refractivity contribution >= 4 is 0 Å². The van der Waals surface area contributed by atoms with Crippen molar-refractivity contribution in [3.63, 3.8) is 0 Å². The second kappa shape index (κ2) is 8.26. The molecule has 0 radical (unpaired) electrons. The van der Waals surface area contributed by atoms with E-state index in [2.05, 4.69) is 51.7 Å². The number of hydrogen-bond donors (Lipinski definition) is 1. The highest BCUT2D eigenvalue weighted by molar-refractivity contribution is 5.25. The summed E-state index contributed by atoms with van der Waals surface area (Å²) >= 11 is 0. The normalized spacial score (nSPS) is 13.4. The molecule has 0 spiro atoms. The fourth-order valence-corrected chi connectivity index (χ4v) is 1.08. The Morgan fingerprint density at radius 1 is 1.29 bits per heavy atom. The van der Waals surface area contributed by atoms with Gasteiger partial charge in [-0.1, -0.05) is 30.4 Å². The van der Waals surface area contributed by atoms with Gasteiger partial charge in [-0.3, -0.25) is 0 Å². The fourth-order valence-electron chi connectivity index (χ4n) is 1.08. The summed E-state index contributed by atoms with van der Waals surface area (Å²) in [5.41, 5.74) is 2.28. The van der Waals surface area contributed by atoms with Crippen molar-refractivity contribution in [2.24, 2.45) is 0 Å². The summed E-state index contributed by atoms with van der Waals surface area (Å²) in [6.45, 7) is 16.7. The number of allylic oxidation sites excluding steroid dienone is 3. The van der Waals surface area contributed by atoms with E-state index in [0.717, 1.165) is 25.3 Å². The van der Waals surface area contributed by atoms with E-state index in [4.69, 9.17) is 4.74 Å². The van der Waals surface area contributed by atoms with Crippen LogP contribution in [0.15, 0.2) is 36.0 Å². The fraction of sp³-hybridized carbons (Fsp3) is 0.600. The summed E-state index contributed by atoms with van der Waals surface area (Å²) in [6, 6.07) is 0. The average molecular weight is 237 g/mol. The summed E-state index contributed by atoms with van der Waals surface area (Å²) in [5.74, 6) is 0. The molecule has 0 unspecified atom stereocenters. The molecule has 0 bridgehead atoms. The zero-order chi connectivity index (χ0) is 13.3. The van der Waals surface area contributed by atoms with Crippen molar-refractivity contribution in [1.82, 2.24) is 5.32 Å². The molecule has 2 nitrogen and oxygen atoms in total. The summed E-state index contributed by atoms with van der Waals surface area (Å²) in [7, 11) is 0. The van der Waals surface area contributed by atoms with E-state index in [1.807, 2.05) is 13.0 Å². The lowest BCUT2D eigenvalue weighted by Crippen LogP contribution is -2.27. The van der Waals surface area contributed by atoms with Crippen molar-refractivity contribution in [2.45, 2.75) is 40.2 Å². The van der Waals surface area contributed by atoms with Gasteiger partial charge in [0.1, 0.15) is 0 Å². The maximum atomic E-state index is 5.61. The molecule has 0 amide bonds. The van der Waals surface area contributed by atoms with Crippen molar-refractivity contribution in [1.29, 1.82) is 0 Å². The van der Waals surface area contributed by atoms with Gasteiger partial charge in [0.25, 0.3) is 0 Å². The molecule has 0 aromatic carbocycles. The minimum atomic E-state index is -0.0539. The quantitative estimate of drug-likeness (QED) is 0.541. The van der Waals surface area contributed by atoms with Crippen LogP contribution in [-0.4, -0.2) is 25.3 Å². The molecule has 0 aliphatic heterocycles. The molecule has 17 heavy (non-hydrogen) atoms. The molecular weight excluding hydrogens is 210 g/mol. The predicted octanol–water partition coefficient (Wildman–Crippen LogP) is 3.47. The predicted molar refractivity (Wildman–Crippen MR) is 76.3 cm³/mol. The van der Waals surface area contributed by atoms with Gasteiger partial charge in [0.15, 0.2) is 0 Å². The molecule has 0 atom stereocenters. The van der Waals surface area contributed by atoms with E-state index >= 15 is 0 Å². The summed E-state index contributed by atoms with van der Waals surface area (Å²) in [6.07, 6.45) is 6.21. The topological polar surface area (TPSA) is 21.3 Å². The molecule has 0 saturated heterocycles. The van der Waals surface area contributed by atoms with Gasteiger partial charge < -0.3 is 10.1 Å². The highest BCUT2D eigenvalue weighted by atomic mass is 16.5. The van der Waals surface area contributed by atoms with E-state index in [1.165, 1.54) is 5.57 Å². The summed E-state index contributed by atoms with van der Waals surface area (Å²) in [4.78, 5) is 0. The lowest BCUT2D eigenvalue weighted by Gasteiger charge is -2.19. The van der Waals surface area contributed by atoms with Crippen molar-refractivity contribution < 1.29 is 4.74 Å². The first kappa shape index (κ1) is 16.1. The van der Waals surface area contributed by atoms with E-state index in [1.54, 1.807) is 0 Å². The van der Waals surface area contributed by atoms with Crippen LogP contribution in [0, 0.1) is 0 Å². The lowest BCUT2D eigenvalue weighted by molar-refractivity contribution is -0.000533. The van der Waals surface area contributed by atoms with Gasteiger partial charge >= 0.3 is 0 Å². The number of nitrogens with one attached hydrogen (secondary N) is 1. The maximum absolute atomic E-state index is 5.61. The molecule has 2 heteroatoms. The van der Waals surface area contributed by atoms with Crippen molar-refractivity contribution in [3.05, 3.63) is 36.0 Å². The first-order chi connectivity index (χ1) is 7.85. The Labute approximate surface area is 106 Å². The molecule has 1 N–H and O–H groups in total. The molecule has 0 saturated carbocycles. The molecule has 0 aromatic heterocycles. The van der Waals surface area contributed by atoms with Crippen LogP contribution in [-0.2, 0) is 4.74 Å². The van der Waals surface area contributed by atoms with Crippen LogP contribution in [0.3, 0.4) is 0 Å². The molecule has 0 heterocycles. The highest BCUT2D eigenvalue weighted by Gasteiger charge is 2.08. The van der Waals surface area contributed by atoms with E-state index in [0.29, 0.717) is 0 Å². The minimum absolute atomic E-state index is 0.0539. The largest absolute Gasteiger partial charge is 0.375 e. The Morgan fingerprint density at radius 2 is 1.94 bits per heavy atom. The van der Waals surface area contributed by atoms with Crippen LogP contribution in [0.2, 0.25) is 0 Å². The molecule has 98 valence electrons. The minimum Gasteiger partial charge on any atom is -0.375 e.